The Kier molecular flexibility index (Phi) is 6.82. The van der Waals surface area contributed by atoms with Crippen LogP contribution in [0.4, 0.5) is 0 Å². The monoisotopic (exact) mass is 390 g/mol. The average Bonchev–Trinajstić information content (AvgIpc) is 2.59. The molecule has 128 valence electrons. The van der Waals surface area contributed by atoms with Gasteiger partial charge < -0.3 is 15.0 Å². The first-order valence-electron chi connectivity index (χ1n) is 7.87. The lowest BCUT2D eigenvalue weighted by Gasteiger charge is -2.20. The topological polar surface area (TPSA) is 41.6 Å². The molecule has 0 saturated carbocycles. The van der Waals surface area contributed by atoms with Crippen LogP contribution in [0.1, 0.15) is 21.5 Å². The van der Waals surface area contributed by atoms with Crippen LogP contribution in [0.15, 0.2) is 46.9 Å². The van der Waals surface area contributed by atoms with Gasteiger partial charge in [-0.2, -0.15) is 0 Å². The maximum absolute atomic E-state index is 12.9. The molecule has 0 bridgehead atoms. The van der Waals surface area contributed by atoms with Gasteiger partial charge in [0, 0.05) is 29.2 Å². The number of likely N-dealkylation sites (N-methyl/N-ethyl adjacent to an activating group) is 1. The van der Waals surface area contributed by atoms with Crippen LogP contribution in [-0.4, -0.2) is 38.6 Å². The number of carbonyl (C=O) groups excluding carboxylic acids is 1. The molecule has 0 spiro atoms. The van der Waals surface area contributed by atoms with E-state index in [4.69, 9.17) is 4.74 Å². The standard InChI is InChI=1S/C19H23BrN2O2/c1-21-11-10-14-6-4-5-7-17(14)19(23)22(2)13-15-12-16(20)8-9-18(15)24-3/h4-9,12,21H,10-11,13H2,1-3H3. The summed E-state index contributed by atoms with van der Waals surface area (Å²) in [7, 11) is 5.37. The van der Waals surface area contributed by atoms with Crippen molar-refractivity contribution in [1.82, 2.24) is 10.2 Å². The summed E-state index contributed by atoms with van der Waals surface area (Å²) in [5.74, 6) is 0.796. The summed E-state index contributed by atoms with van der Waals surface area (Å²) in [6, 6.07) is 13.6. The van der Waals surface area contributed by atoms with Gasteiger partial charge in [-0.15, -0.1) is 0 Å². The van der Waals surface area contributed by atoms with Crippen molar-refractivity contribution in [2.45, 2.75) is 13.0 Å². The van der Waals surface area contributed by atoms with E-state index in [2.05, 4.69) is 21.2 Å². The predicted octanol–water partition coefficient (Wildman–Crippen LogP) is 3.49. The number of hydrogen-bond donors (Lipinski definition) is 1. The van der Waals surface area contributed by atoms with Gasteiger partial charge in [-0.1, -0.05) is 34.1 Å². The van der Waals surface area contributed by atoms with Gasteiger partial charge in [0.25, 0.3) is 5.91 Å². The molecular formula is C19H23BrN2O2. The highest BCUT2D eigenvalue weighted by molar-refractivity contribution is 9.10. The highest BCUT2D eigenvalue weighted by Crippen LogP contribution is 2.24. The Morgan fingerprint density at radius 1 is 1.21 bits per heavy atom. The van der Waals surface area contributed by atoms with Gasteiger partial charge in [0.05, 0.1) is 7.11 Å². The van der Waals surface area contributed by atoms with Gasteiger partial charge in [0.2, 0.25) is 0 Å². The molecule has 0 aliphatic carbocycles. The number of benzene rings is 2. The van der Waals surface area contributed by atoms with Crippen LogP contribution in [0.5, 0.6) is 5.75 Å². The number of halogens is 1. The molecule has 4 nitrogen and oxygen atoms in total. The van der Waals surface area contributed by atoms with Crippen molar-refractivity contribution >= 4 is 21.8 Å². The van der Waals surface area contributed by atoms with Crippen molar-refractivity contribution in [1.29, 1.82) is 0 Å². The molecule has 0 aliphatic heterocycles. The number of ether oxygens (including phenoxy) is 1. The summed E-state index contributed by atoms with van der Waals surface area (Å²) < 4.78 is 6.36. The highest BCUT2D eigenvalue weighted by atomic mass is 79.9. The molecule has 0 fully saturated rings. The Hall–Kier alpha value is -1.85. The molecule has 0 atom stereocenters. The molecule has 0 aromatic heterocycles. The Balaban J connectivity index is 2.20. The van der Waals surface area contributed by atoms with Crippen LogP contribution in [0.25, 0.3) is 0 Å². The summed E-state index contributed by atoms with van der Waals surface area (Å²) in [4.78, 5) is 14.6. The van der Waals surface area contributed by atoms with Crippen molar-refractivity contribution in [2.75, 3.05) is 27.7 Å². The molecule has 5 heteroatoms. The quantitative estimate of drug-likeness (QED) is 0.786. The fourth-order valence-electron chi connectivity index (χ4n) is 2.61. The summed E-state index contributed by atoms with van der Waals surface area (Å²) in [6.07, 6.45) is 0.826. The zero-order chi connectivity index (χ0) is 17.5. The van der Waals surface area contributed by atoms with Crippen LogP contribution in [-0.2, 0) is 13.0 Å². The van der Waals surface area contributed by atoms with Crippen LogP contribution in [0, 0.1) is 0 Å². The number of methoxy groups -OCH3 is 1. The lowest BCUT2D eigenvalue weighted by Crippen LogP contribution is -2.27. The van der Waals surface area contributed by atoms with Crippen LogP contribution in [0.3, 0.4) is 0 Å². The molecule has 0 unspecified atom stereocenters. The van der Waals surface area contributed by atoms with E-state index in [0.717, 1.165) is 39.9 Å². The van der Waals surface area contributed by atoms with Crippen LogP contribution < -0.4 is 10.1 Å². The maximum Gasteiger partial charge on any atom is 0.254 e. The fourth-order valence-corrected chi connectivity index (χ4v) is 3.02. The molecule has 2 aromatic carbocycles. The third-order valence-corrected chi connectivity index (χ3v) is 4.38. The minimum Gasteiger partial charge on any atom is -0.496 e. The van der Waals surface area contributed by atoms with Gasteiger partial charge in [-0.25, -0.2) is 0 Å². The minimum atomic E-state index is 0.0173. The van der Waals surface area contributed by atoms with E-state index in [9.17, 15) is 4.79 Å². The zero-order valence-electron chi connectivity index (χ0n) is 14.3. The second-order valence-corrected chi connectivity index (χ2v) is 6.54. The molecule has 0 heterocycles. The summed E-state index contributed by atoms with van der Waals surface area (Å²) >= 11 is 3.47. The van der Waals surface area contributed by atoms with E-state index in [0.29, 0.717) is 6.54 Å². The van der Waals surface area contributed by atoms with Crippen LogP contribution in [0.2, 0.25) is 0 Å². The van der Waals surface area contributed by atoms with Gasteiger partial charge in [0.15, 0.2) is 0 Å². The number of carbonyl (C=O) groups is 1. The Morgan fingerprint density at radius 3 is 2.67 bits per heavy atom. The zero-order valence-corrected chi connectivity index (χ0v) is 15.9. The van der Waals surface area contributed by atoms with E-state index in [-0.39, 0.29) is 5.91 Å². The van der Waals surface area contributed by atoms with Crippen molar-refractivity contribution in [2.24, 2.45) is 0 Å². The molecule has 1 N–H and O–H groups in total. The minimum absolute atomic E-state index is 0.0173. The molecule has 2 aromatic rings. The average molecular weight is 391 g/mol. The van der Waals surface area contributed by atoms with Gasteiger partial charge in [-0.3, -0.25) is 4.79 Å². The number of nitrogens with one attached hydrogen (secondary N) is 1. The largest absolute Gasteiger partial charge is 0.496 e. The van der Waals surface area contributed by atoms with Crippen molar-refractivity contribution in [3.63, 3.8) is 0 Å². The molecule has 24 heavy (non-hydrogen) atoms. The molecule has 0 saturated heterocycles. The van der Waals surface area contributed by atoms with E-state index in [1.165, 1.54) is 0 Å². The van der Waals surface area contributed by atoms with Crippen molar-refractivity contribution in [3.8, 4) is 5.75 Å². The smallest absolute Gasteiger partial charge is 0.254 e. The molecule has 1 amide bonds. The fraction of sp³-hybridized carbons (Fsp3) is 0.316. The molecule has 0 radical (unpaired) electrons. The normalized spacial score (nSPS) is 10.5. The Bertz CT molecular complexity index is 704. The number of rotatable bonds is 7. The van der Waals surface area contributed by atoms with E-state index < -0.39 is 0 Å². The highest BCUT2D eigenvalue weighted by Gasteiger charge is 2.17. The SMILES string of the molecule is CNCCc1ccccc1C(=O)N(C)Cc1cc(Br)ccc1OC. The summed E-state index contributed by atoms with van der Waals surface area (Å²) in [6.45, 7) is 1.33. The van der Waals surface area contributed by atoms with Gasteiger partial charge >= 0.3 is 0 Å². The first-order valence-corrected chi connectivity index (χ1v) is 8.66. The van der Waals surface area contributed by atoms with Crippen molar-refractivity contribution < 1.29 is 9.53 Å². The Labute approximate surface area is 151 Å². The predicted molar refractivity (Wildman–Crippen MR) is 101 cm³/mol. The van der Waals surface area contributed by atoms with E-state index in [1.807, 2.05) is 56.6 Å². The Morgan fingerprint density at radius 2 is 1.96 bits per heavy atom. The first kappa shape index (κ1) is 18.5. The third kappa shape index (κ3) is 4.58. The lowest BCUT2D eigenvalue weighted by molar-refractivity contribution is 0.0783. The van der Waals surface area contributed by atoms with Crippen molar-refractivity contribution in [3.05, 3.63) is 63.6 Å². The second kappa shape index (κ2) is 8.85. The number of amides is 1. The maximum atomic E-state index is 12.9. The third-order valence-electron chi connectivity index (χ3n) is 3.89. The van der Waals surface area contributed by atoms with E-state index in [1.54, 1.807) is 12.0 Å². The van der Waals surface area contributed by atoms with E-state index >= 15 is 0 Å². The number of nitrogens with zero attached hydrogens (tertiary/aromatic N) is 1. The lowest BCUT2D eigenvalue weighted by atomic mass is 10.0. The summed E-state index contributed by atoms with van der Waals surface area (Å²) in [5, 5.41) is 3.13. The first-order chi connectivity index (χ1) is 11.6. The van der Waals surface area contributed by atoms with Gasteiger partial charge in [-0.05, 0) is 49.8 Å². The van der Waals surface area contributed by atoms with Crippen LogP contribution >= 0.6 is 15.9 Å². The molecule has 0 aliphatic rings. The summed E-state index contributed by atoms with van der Waals surface area (Å²) in [5.41, 5.74) is 2.78. The second-order valence-electron chi connectivity index (χ2n) is 5.63. The van der Waals surface area contributed by atoms with Gasteiger partial charge in [0.1, 0.15) is 5.75 Å². The molecule has 2 rings (SSSR count). The molecular weight excluding hydrogens is 368 g/mol. The number of hydrogen-bond acceptors (Lipinski definition) is 3.